The number of benzene rings is 1. The normalized spacial score (nSPS) is 17.9. The second-order valence-electron chi connectivity index (χ2n) is 5.47. The average Bonchev–Trinajstić information content (AvgIpc) is 2.50. The van der Waals surface area contributed by atoms with Gasteiger partial charge < -0.3 is 10.6 Å². The van der Waals surface area contributed by atoms with E-state index in [-0.39, 0.29) is 0 Å². The molecule has 20 heavy (non-hydrogen) atoms. The predicted molar refractivity (Wildman–Crippen MR) is 82.5 cm³/mol. The molecule has 3 heteroatoms. The van der Waals surface area contributed by atoms with E-state index >= 15 is 0 Å². The Balaban J connectivity index is 1.89. The van der Waals surface area contributed by atoms with Gasteiger partial charge in [-0.15, -0.1) is 0 Å². The van der Waals surface area contributed by atoms with Gasteiger partial charge in [-0.05, 0) is 43.5 Å². The molecule has 0 aliphatic carbocycles. The van der Waals surface area contributed by atoms with E-state index in [1.807, 2.05) is 12.1 Å². The van der Waals surface area contributed by atoms with Gasteiger partial charge >= 0.3 is 0 Å². The van der Waals surface area contributed by atoms with E-state index in [1.165, 1.54) is 24.1 Å². The Morgan fingerprint density at radius 2 is 1.95 bits per heavy atom. The van der Waals surface area contributed by atoms with Crippen LogP contribution in [0.2, 0.25) is 0 Å². The number of anilines is 1. The molecule has 1 aromatic carbocycles. The molecule has 3 rings (SSSR count). The number of rotatable bonds is 3. The van der Waals surface area contributed by atoms with Gasteiger partial charge in [0, 0.05) is 18.3 Å². The number of nitrogens with two attached hydrogens (primary N) is 1. The smallest absolute Gasteiger partial charge is 0.0605 e. The molecule has 0 bridgehead atoms. The lowest BCUT2D eigenvalue weighted by Crippen LogP contribution is -2.37. The summed E-state index contributed by atoms with van der Waals surface area (Å²) < 4.78 is 0. The Morgan fingerprint density at radius 3 is 2.80 bits per heavy atom. The summed E-state index contributed by atoms with van der Waals surface area (Å²) in [6.07, 6.45) is 2.37. The SMILES string of the molecule is CC1CCc2ccccc2N1Cc1cccc(CN)n1. The summed E-state index contributed by atoms with van der Waals surface area (Å²) in [6.45, 7) is 3.65. The van der Waals surface area contributed by atoms with E-state index in [9.17, 15) is 0 Å². The summed E-state index contributed by atoms with van der Waals surface area (Å²) in [5, 5.41) is 0. The number of fused-ring (bicyclic) bond motifs is 1. The summed E-state index contributed by atoms with van der Waals surface area (Å²) in [6, 6.07) is 15.4. The lowest BCUT2D eigenvalue weighted by molar-refractivity contribution is 0.556. The number of aryl methyl sites for hydroxylation is 1. The van der Waals surface area contributed by atoms with E-state index in [4.69, 9.17) is 5.73 Å². The maximum absolute atomic E-state index is 5.68. The molecule has 0 radical (unpaired) electrons. The van der Waals surface area contributed by atoms with Crippen LogP contribution < -0.4 is 10.6 Å². The van der Waals surface area contributed by atoms with Crippen molar-refractivity contribution in [1.82, 2.24) is 4.98 Å². The highest BCUT2D eigenvalue weighted by Crippen LogP contribution is 2.31. The van der Waals surface area contributed by atoms with Gasteiger partial charge in [0.1, 0.15) is 0 Å². The zero-order chi connectivity index (χ0) is 13.9. The molecule has 1 atom stereocenters. The Bertz CT molecular complexity index is 594. The van der Waals surface area contributed by atoms with Gasteiger partial charge in [-0.3, -0.25) is 4.98 Å². The first-order valence-electron chi connectivity index (χ1n) is 7.27. The number of pyridine rings is 1. The number of hydrogen-bond acceptors (Lipinski definition) is 3. The predicted octanol–water partition coefficient (Wildman–Crippen LogP) is 2.88. The van der Waals surface area contributed by atoms with E-state index in [0.717, 1.165) is 17.9 Å². The van der Waals surface area contributed by atoms with Crippen LogP contribution in [0.5, 0.6) is 0 Å². The standard InChI is InChI=1S/C17H21N3/c1-13-9-10-14-5-2-3-8-17(14)20(13)12-16-7-4-6-15(11-18)19-16/h2-8,13H,9-12,18H2,1H3. The third-order valence-electron chi connectivity index (χ3n) is 4.07. The number of para-hydroxylation sites is 1. The first kappa shape index (κ1) is 13.1. The fraction of sp³-hybridized carbons (Fsp3) is 0.353. The van der Waals surface area contributed by atoms with Crippen molar-refractivity contribution < 1.29 is 0 Å². The fourth-order valence-corrected chi connectivity index (χ4v) is 2.91. The molecule has 0 amide bonds. The molecule has 1 unspecified atom stereocenters. The summed E-state index contributed by atoms with van der Waals surface area (Å²) in [7, 11) is 0. The minimum absolute atomic E-state index is 0.500. The van der Waals surface area contributed by atoms with Crippen molar-refractivity contribution in [3.05, 3.63) is 59.4 Å². The average molecular weight is 267 g/mol. The Hall–Kier alpha value is -1.87. The summed E-state index contributed by atoms with van der Waals surface area (Å²) in [4.78, 5) is 7.09. The molecule has 0 saturated carbocycles. The summed E-state index contributed by atoms with van der Waals surface area (Å²) in [5.74, 6) is 0. The van der Waals surface area contributed by atoms with E-state index in [2.05, 4.69) is 47.1 Å². The van der Waals surface area contributed by atoms with Crippen LogP contribution in [0.15, 0.2) is 42.5 Å². The van der Waals surface area contributed by atoms with Gasteiger partial charge in [-0.25, -0.2) is 0 Å². The van der Waals surface area contributed by atoms with Crippen LogP contribution in [-0.2, 0) is 19.5 Å². The van der Waals surface area contributed by atoms with Crippen LogP contribution in [0.1, 0.15) is 30.3 Å². The van der Waals surface area contributed by atoms with Gasteiger partial charge in [0.25, 0.3) is 0 Å². The summed E-state index contributed by atoms with van der Waals surface area (Å²) >= 11 is 0. The highest BCUT2D eigenvalue weighted by atomic mass is 15.2. The van der Waals surface area contributed by atoms with Crippen molar-refractivity contribution in [2.75, 3.05) is 4.90 Å². The molecule has 2 heterocycles. The molecule has 1 aromatic heterocycles. The van der Waals surface area contributed by atoms with Crippen molar-refractivity contribution in [3.63, 3.8) is 0 Å². The monoisotopic (exact) mass is 267 g/mol. The van der Waals surface area contributed by atoms with Crippen LogP contribution in [0.3, 0.4) is 0 Å². The van der Waals surface area contributed by atoms with E-state index in [0.29, 0.717) is 12.6 Å². The topological polar surface area (TPSA) is 42.1 Å². The first-order valence-corrected chi connectivity index (χ1v) is 7.27. The minimum Gasteiger partial charge on any atom is -0.363 e. The van der Waals surface area contributed by atoms with E-state index < -0.39 is 0 Å². The van der Waals surface area contributed by atoms with Crippen molar-refractivity contribution in [2.45, 2.75) is 38.9 Å². The van der Waals surface area contributed by atoms with Crippen LogP contribution in [0.4, 0.5) is 5.69 Å². The molecule has 1 aliphatic rings. The molecule has 2 N–H and O–H groups in total. The van der Waals surface area contributed by atoms with Crippen LogP contribution in [0.25, 0.3) is 0 Å². The molecule has 2 aromatic rings. The lowest BCUT2D eigenvalue weighted by atomic mass is 9.96. The zero-order valence-electron chi connectivity index (χ0n) is 11.9. The van der Waals surface area contributed by atoms with Gasteiger partial charge in [0.2, 0.25) is 0 Å². The quantitative estimate of drug-likeness (QED) is 0.929. The molecule has 1 aliphatic heterocycles. The second-order valence-corrected chi connectivity index (χ2v) is 5.47. The van der Waals surface area contributed by atoms with Crippen LogP contribution in [0, 0.1) is 0 Å². The number of hydrogen-bond donors (Lipinski definition) is 1. The molecular weight excluding hydrogens is 246 g/mol. The van der Waals surface area contributed by atoms with Crippen LogP contribution >= 0.6 is 0 Å². The third kappa shape index (κ3) is 2.54. The Labute approximate surface area is 120 Å². The number of aromatic nitrogens is 1. The van der Waals surface area contributed by atoms with Gasteiger partial charge in [0.05, 0.1) is 17.9 Å². The molecule has 3 nitrogen and oxygen atoms in total. The molecule has 0 fully saturated rings. The van der Waals surface area contributed by atoms with Gasteiger partial charge in [-0.2, -0.15) is 0 Å². The van der Waals surface area contributed by atoms with Crippen molar-refractivity contribution in [2.24, 2.45) is 5.73 Å². The van der Waals surface area contributed by atoms with Crippen molar-refractivity contribution in [3.8, 4) is 0 Å². The maximum atomic E-state index is 5.68. The lowest BCUT2D eigenvalue weighted by Gasteiger charge is -2.37. The maximum Gasteiger partial charge on any atom is 0.0605 e. The molecule has 0 spiro atoms. The van der Waals surface area contributed by atoms with Gasteiger partial charge in [-0.1, -0.05) is 24.3 Å². The zero-order valence-corrected chi connectivity index (χ0v) is 11.9. The van der Waals surface area contributed by atoms with Crippen molar-refractivity contribution in [1.29, 1.82) is 0 Å². The molecule has 0 saturated heterocycles. The highest BCUT2D eigenvalue weighted by molar-refractivity contribution is 5.56. The second kappa shape index (κ2) is 5.63. The Morgan fingerprint density at radius 1 is 1.15 bits per heavy atom. The first-order chi connectivity index (χ1) is 9.78. The van der Waals surface area contributed by atoms with E-state index in [1.54, 1.807) is 0 Å². The third-order valence-corrected chi connectivity index (χ3v) is 4.07. The minimum atomic E-state index is 0.500. The summed E-state index contributed by atoms with van der Waals surface area (Å²) in [5.41, 5.74) is 10.5. The van der Waals surface area contributed by atoms with Gasteiger partial charge in [0.15, 0.2) is 0 Å². The van der Waals surface area contributed by atoms with Crippen molar-refractivity contribution >= 4 is 5.69 Å². The molecular formula is C17H21N3. The molecule has 104 valence electrons. The number of nitrogens with zero attached hydrogens (tertiary/aromatic N) is 2. The fourth-order valence-electron chi connectivity index (χ4n) is 2.91. The largest absolute Gasteiger partial charge is 0.363 e. The highest BCUT2D eigenvalue weighted by Gasteiger charge is 2.22. The van der Waals surface area contributed by atoms with Crippen LogP contribution in [-0.4, -0.2) is 11.0 Å². The Kier molecular flexibility index (Phi) is 3.70.